The van der Waals surface area contributed by atoms with Crippen molar-refractivity contribution in [3.05, 3.63) is 29.1 Å². The first kappa shape index (κ1) is 18.6. The summed E-state index contributed by atoms with van der Waals surface area (Å²) in [7, 11) is 1.44. The van der Waals surface area contributed by atoms with Gasteiger partial charge in [-0.3, -0.25) is 9.69 Å². The third-order valence-corrected chi connectivity index (χ3v) is 6.53. The molecule has 1 aromatic heterocycles. The summed E-state index contributed by atoms with van der Waals surface area (Å²) in [4.78, 5) is 16.4. The first-order chi connectivity index (χ1) is 12.8. The minimum absolute atomic E-state index is 0.116. The number of piperazine rings is 1. The average molecular weight is 398 g/mol. The predicted molar refractivity (Wildman–Crippen MR) is 99.2 cm³/mol. The van der Waals surface area contributed by atoms with Gasteiger partial charge in [-0.1, -0.05) is 6.07 Å². The van der Waals surface area contributed by atoms with Crippen molar-refractivity contribution < 1.29 is 22.7 Å². The van der Waals surface area contributed by atoms with Gasteiger partial charge in [0.05, 0.1) is 23.8 Å². The summed E-state index contributed by atoms with van der Waals surface area (Å²) in [6, 6.07) is 3.96. The standard InChI is InChI=1S/C19H21F3N2O2S/c1-26-17(25)18(4-5-18)12-23-6-8-24(9-7-23)15-11-27-16-10-13(19(20,21)22)2-3-14(15)16/h2-3,10-11H,4-9,12H2,1H3. The summed E-state index contributed by atoms with van der Waals surface area (Å²) in [6.45, 7) is 3.98. The van der Waals surface area contributed by atoms with E-state index in [1.807, 2.05) is 5.38 Å². The van der Waals surface area contributed by atoms with Gasteiger partial charge in [0.25, 0.3) is 0 Å². The highest BCUT2D eigenvalue weighted by Crippen LogP contribution is 2.47. The van der Waals surface area contributed by atoms with Gasteiger partial charge in [0.2, 0.25) is 0 Å². The number of thiophene rings is 1. The van der Waals surface area contributed by atoms with Gasteiger partial charge in [0.15, 0.2) is 0 Å². The topological polar surface area (TPSA) is 32.8 Å². The molecule has 2 aromatic rings. The lowest BCUT2D eigenvalue weighted by molar-refractivity contribution is -0.148. The average Bonchev–Trinajstić information content (AvgIpc) is 3.30. The molecule has 0 bridgehead atoms. The van der Waals surface area contributed by atoms with E-state index in [0.717, 1.165) is 62.7 Å². The number of carbonyl (C=O) groups is 1. The summed E-state index contributed by atoms with van der Waals surface area (Å²) in [5.74, 6) is -0.116. The van der Waals surface area contributed by atoms with E-state index < -0.39 is 11.7 Å². The highest BCUT2D eigenvalue weighted by Gasteiger charge is 2.52. The van der Waals surface area contributed by atoms with Gasteiger partial charge in [-0.15, -0.1) is 11.3 Å². The monoisotopic (exact) mass is 398 g/mol. The Morgan fingerprint density at radius 3 is 2.52 bits per heavy atom. The van der Waals surface area contributed by atoms with E-state index >= 15 is 0 Å². The summed E-state index contributed by atoms with van der Waals surface area (Å²) in [5.41, 5.74) is 0.0724. The van der Waals surface area contributed by atoms with Gasteiger partial charge in [-0.25, -0.2) is 0 Å². The number of benzene rings is 1. The Morgan fingerprint density at radius 2 is 1.93 bits per heavy atom. The Bertz CT molecular complexity index is 852. The lowest BCUT2D eigenvalue weighted by Gasteiger charge is -2.37. The molecule has 0 radical (unpaired) electrons. The maximum atomic E-state index is 12.9. The summed E-state index contributed by atoms with van der Waals surface area (Å²) in [5, 5.41) is 2.81. The molecule has 0 atom stereocenters. The molecule has 146 valence electrons. The minimum Gasteiger partial charge on any atom is -0.469 e. The van der Waals surface area contributed by atoms with Crippen molar-refractivity contribution in [1.82, 2.24) is 4.90 Å². The van der Waals surface area contributed by atoms with Crippen LogP contribution in [0.2, 0.25) is 0 Å². The van der Waals surface area contributed by atoms with Crippen LogP contribution in [0.15, 0.2) is 23.6 Å². The number of ether oxygens (including phenoxy) is 1. The van der Waals surface area contributed by atoms with Crippen LogP contribution in [-0.2, 0) is 15.7 Å². The molecule has 4 nitrogen and oxygen atoms in total. The van der Waals surface area contributed by atoms with Crippen LogP contribution in [0.5, 0.6) is 0 Å². The molecule has 0 spiro atoms. The second kappa shape index (κ2) is 6.67. The molecule has 8 heteroatoms. The van der Waals surface area contributed by atoms with E-state index in [-0.39, 0.29) is 11.4 Å². The SMILES string of the molecule is COC(=O)C1(CN2CCN(c3csc4cc(C(F)(F)F)ccc34)CC2)CC1. The number of alkyl halides is 3. The normalized spacial score (nSPS) is 20.1. The zero-order valence-electron chi connectivity index (χ0n) is 15.0. The van der Waals surface area contributed by atoms with Crippen LogP contribution < -0.4 is 4.90 Å². The minimum atomic E-state index is -4.32. The van der Waals surface area contributed by atoms with E-state index in [1.165, 1.54) is 24.5 Å². The Labute approximate surface area is 159 Å². The fraction of sp³-hybridized carbons (Fsp3) is 0.526. The van der Waals surface area contributed by atoms with Gasteiger partial charge in [-0.05, 0) is 25.0 Å². The van der Waals surface area contributed by atoms with E-state index in [1.54, 1.807) is 6.07 Å². The number of fused-ring (bicyclic) bond motifs is 1. The highest BCUT2D eigenvalue weighted by molar-refractivity contribution is 7.17. The van der Waals surface area contributed by atoms with Crippen molar-refractivity contribution in [2.75, 3.05) is 44.7 Å². The van der Waals surface area contributed by atoms with Crippen LogP contribution >= 0.6 is 11.3 Å². The molecule has 4 rings (SSSR count). The molecule has 0 unspecified atom stereocenters. The molecular formula is C19H21F3N2O2S. The molecular weight excluding hydrogens is 377 g/mol. The smallest absolute Gasteiger partial charge is 0.416 e. The number of rotatable bonds is 4. The Morgan fingerprint density at radius 1 is 1.22 bits per heavy atom. The van der Waals surface area contributed by atoms with Gasteiger partial charge in [0.1, 0.15) is 0 Å². The molecule has 2 aliphatic rings. The lowest BCUT2D eigenvalue weighted by Crippen LogP contribution is -2.49. The van der Waals surface area contributed by atoms with Crippen LogP contribution in [0, 0.1) is 5.41 Å². The van der Waals surface area contributed by atoms with Crippen LogP contribution in [-0.4, -0.2) is 50.7 Å². The molecule has 1 saturated heterocycles. The Balaban J connectivity index is 1.43. The third kappa shape index (κ3) is 3.52. The number of carbonyl (C=O) groups excluding carboxylic acids is 1. The Kier molecular flexibility index (Phi) is 4.58. The van der Waals surface area contributed by atoms with Crippen molar-refractivity contribution >= 4 is 33.1 Å². The molecule has 1 saturated carbocycles. The van der Waals surface area contributed by atoms with Gasteiger partial charge < -0.3 is 9.64 Å². The lowest BCUT2D eigenvalue weighted by atomic mass is 10.1. The van der Waals surface area contributed by atoms with Crippen molar-refractivity contribution in [2.45, 2.75) is 19.0 Å². The highest BCUT2D eigenvalue weighted by atomic mass is 32.1. The van der Waals surface area contributed by atoms with Crippen molar-refractivity contribution in [1.29, 1.82) is 0 Å². The fourth-order valence-corrected chi connectivity index (χ4v) is 4.81. The number of esters is 1. The van der Waals surface area contributed by atoms with Crippen LogP contribution in [0.25, 0.3) is 10.1 Å². The number of halogens is 3. The third-order valence-electron chi connectivity index (χ3n) is 5.59. The Hall–Kier alpha value is -1.80. The summed E-state index contributed by atoms with van der Waals surface area (Å²) in [6.07, 6.45) is -2.55. The molecule has 0 N–H and O–H groups in total. The quantitative estimate of drug-likeness (QED) is 0.729. The number of nitrogens with zero attached hydrogens (tertiary/aromatic N) is 2. The maximum absolute atomic E-state index is 12.9. The predicted octanol–water partition coefficient (Wildman–Crippen LogP) is 4.00. The van der Waals surface area contributed by atoms with Gasteiger partial charge in [0, 0.05) is 48.2 Å². The summed E-state index contributed by atoms with van der Waals surface area (Å²) >= 11 is 1.35. The number of anilines is 1. The first-order valence-electron chi connectivity index (χ1n) is 8.97. The van der Waals surface area contributed by atoms with Crippen molar-refractivity contribution in [2.24, 2.45) is 5.41 Å². The van der Waals surface area contributed by atoms with E-state index in [4.69, 9.17) is 4.74 Å². The number of hydrogen-bond donors (Lipinski definition) is 0. The molecule has 1 aliphatic heterocycles. The molecule has 0 amide bonds. The number of hydrogen-bond acceptors (Lipinski definition) is 5. The zero-order chi connectivity index (χ0) is 19.2. The van der Waals surface area contributed by atoms with Gasteiger partial charge >= 0.3 is 12.1 Å². The van der Waals surface area contributed by atoms with Crippen molar-refractivity contribution in [3.8, 4) is 0 Å². The van der Waals surface area contributed by atoms with E-state index in [0.29, 0.717) is 4.70 Å². The zero-order valence-corrected chi connectivity index (χ0v) is 15.8. The summed E-state index contributed by atoms with van der Waals surface area (Å²) < 4.78 is 44.3. The maximum Gasteiger partial charge on any atom is 0.416 e. The van der Waals surface area contributed by atoms with E-state index in [2.05, 4.69) is 9.80 Å². The van der Waals surface area contributed by atoms with Crippen LogP contribution in [0.4, 0.5) is 18.9 Å². The molecule has 27 heavy (non-hydrogen) atoms. The van der Waals surface area contributed by atoms with Gasteiger partial charge in [-0.2, -0.15) is 13.2 Å². The fourth-order valence-electron chi connectivity index (χ4n) is 3.80. The second-order valence-corrected chi connectivity index (χ2v) is 8.28. The largest absolute Gasteiger partial charge is 0.469 e. The molecule has 1 aromatic carbocycles. The first-order valence-corrected chi connectivity index (χ1v) is 9.85. The second-order valence-electron chi connectivity index (χ2n) is 7.36. The van der Waals surface area contributed by atoms with Crippen LogP contribution in [0.3, 0.4) is 0 Å². The van der Waals surface area contributed by atoms with Crippen molar-refractivity contribution in [3.63, 3.8) is 0 Å². The molecule has 2 fully saturated rings. The van der Waals surface area contributed by atoms with Crippen LogP contribution in [0.1, 0.15) is 18.4 Å². The molecule has 1 aliphatic carbocycles. The van der Waals surface area contributed by atoms with E-state index in [9.17, 15) is 18.0 Å². The molecule has 2 heterocycles. The number of methoxy groups -OCH3 is 1.